The minimum absolute atomic E-state index is 0.300. The van der Waals surface area contributed by atoms with Crippen LogP contribution in [0.15, 0.2) is 33.8 Å². The molecule has 136 valence electrons. The monoisotopic (exact) mass is 365 g/mol. The van der Waals surface area contributed by atoms with Crippen LogP contribution in [0.1, 0.15) is 26.2 Å². The number of nitrogens with one attached hydrogen (secondary N) is 2. The van der Waals surface area contributed by atoms with Crippen molar-refractivity contribution in [1.82, 2.24) is 20.8 Å². The van der Waals surface area contributed by atoms with Gasteiger partial charge in [-0.2, -0.15) is 4.98 Å². The Bertz CT molecular complexity index is 675. The first kappa shape index (κ1) is 19.2. The zero-order chi connectivity index (χ0) is 17.9. The summed E-state index contributed by atoms with van der Waals surface area (Å²) in [5.74, 6) is 1.66. The van der Waals surface area contributed by atoms with E-state index in [0.29, 0.717) is 29.2 Å². The molecule has 1 aromatic carbocycles. The van der Waals surface area contributed by atoms with Gasteiger partial charge in [0.1, 0.15) is 6.54 Å². The summed E-state index contributed by atoms with van der Waals surface area (Å²) in [5.41, 5.74) is 0.812. The van der Waals surface area contributed by atoms with E-state index in [2.05, 4.69) is 25.8 Å². The molecule has 1 aromatic heterocycles. The normalized spacial score (nSPS) is 11.6. The average molecular weight is 366 g/mol. The zero-order valence-corrected chi connectivity index (χ0v) is 15.3. The largest absolute Gasteiger partial charge is 0.382 e. The van der Waals surface area contributed by atoms with Gasteiger partial charge in [0, 0.05) is 36.9 Å². The third-order valence-corrected chi connectivity index (χ3v) is 3.46. The molecule has 25 heavy (non-hydrogen) atoms. The number of halogens is 1. The van der Waals surface area contributed by atoms with Gasteiger partial charge in [0.2, 0.25) is 11.7 Å². The standard InChI is InChI=1S/C17H24ClN5O2/c1-3-19-17(20-9-6-10-24-4-2)21-12-15-22-16(23-25-15)13-7-5-8-14(18)11-13/h5,7-8,11H,3-4,6,9-10,12H2,1-2H3,(H2,19,20,21). The summed E-state index contributed by atoms with van der Waals surface area (Å²) in [6.07, 6.45) is 0.914. The smallest absolute Gasteiger partial charge is 0.248 e. The van der Waals surface area contributed by atoms with Crippen molar-refractivity contribution in [2.45, 2.75) is 26.8 Å². The number of hydrogen-bond donors (Lipinski definition) is 2. The van der Waals surface area contributed by atoms with Gasteiger partial charge in [-0.25, -0.2) is 4.99 Å². The van der Waals surface area contributed by atoms with Gasteiger partial charge in [-0.3, -0.25) is 0 Å². The molecule has 0 radical (unpaired) electrons. The van der Waals surface area contributed by atoms with Crippen LogP contribution < -0.4 is 10.6 Å². The van der Waals surface area contributed by atoms with Crippen molar-refractivity contribution in [2.75, 3.05) is 26.3 Å². The summed E-state index contributed by atoms with van der Waals surface area (Å²) >= 11 is 5.99. The van der Waals surface area contributed by atoms with Gasteiger partial charge in [0.05, 0.1) is 0 Å². The lowest BCUT2D eigenvalue weighted by atomic mass is 10.2. The fourth-order valence-electron chi connectivity index (χ4n) is 2.08. The van der Waals surface area contributed by atoms with E-state index in [9.17, 15) is 0 Å². The molecule has 0 fully saturated rings. The van der Waals surface area contributed by atoms with Gasteiger partial charge in [-0.1, -0.05) is 28.9 Å². The molecule has 0 bridgehead atoms. The molecule has 0 amide bonds. The number of hydrogen-bond acceptors (Lipinski definition) is 5. The molecule has 2 rings (SSSR count). The summed E-state index contributed by atoms with van der Waals surface area (Å²) in [6.45, 7) is 7.32. The molecule has 0 saturated carbocycles. The third kappa shape index (κ3) is 6.72. The first-order valence-corrected chi connectivity index (χ1v) is 8.79. The minimum Gasteiger partial charge on any atom is -0.382 e. The van der Waals surface area contributed by atoms with Crippen LogP contribution in [0, 0.1) is 0 Å². The van der Waals surface area contributed by atoms with Crippen molar-refractivity contribution in [3.8, 4) is 11.4 Å². The van der Waals surface area contributed by atoms with E-state index in [0.717, 1.165) is 38.3 Å². The van der Waals surface area contributed by atoms with Gasteiger partial charge in [-0.15, -0.1) is 0 Å². The van der Waals surface area contributed by atoms with Crippen molar-refractivity contribution in [3.05, 3.63) is 35.2 Å². The minimum atomic E-state index is 0.300. The van der Waals surface area contributed by atoms with Crippen LogP contribution in [0.3, 0.4) is 0 Å². The predicted octanol–water partition coefficient (Wildman–Crippen LogP) is 2.87. The van der Waals surface area contributed by atoms with Crippen molar-refractivity contribution >= 4 is 17.6 Å². The SMILES string of the molecule is CCNC(=NCc1nc(-c2cccc(Cl)c2)no1)NCCCOCC. The topological polar surface area (TPSA) is 84.6 Å². The highest BCUT2D eigenvalue weighted by molar-refractivity contribution is 6.30. The highest BCUT2D eigenvalue weighted by Crippen LogP contribution is 2.19. The molecule has 0 aliphatic heterocycles. The third-order valence-electron chi connectivity index (χ3n) is 3.23. The molecule has 0 atom stereocenters. The molecule has 0 spiro atoms. The quantitative estimate of drug-likeness (QED) is 0.404. The number of aliphatic imine (C=N–C) groups is 1. The predicted molar refractivity (Wildman–Crippen MR) is 98.7 cm³/mol. The Balaban J connectivity index is 1.91. The average Bonchev–Trinajstić information content (AvgIpc) is 3.08. The van der Waals surface area contributed by atoms with Gasteiger partial charge in [0.15, 0.2) is 5.96 Å². The van der Waals surface area contributed by atoms with Gasteiger partial charge in [0.25, 0.3) is 0 Å². The summed E-state index contributed by atoms with van der Waals surface area (Å²) in [4.78, 5) is 8.81. The van der Waals surface area contributed by atoms with Crippen LogP contribution in [0.5, 0.6) is 0 Å². The molecule has 2 aromatic rings. The van der Waals surface area contributed by atoms with Gasteiger partial charge in [-0.05, 0) is 32.4 Å². The zero-order valence-electron chi connectivity index (χ0n) is 14.6. The molecule has 7 nitrogen and oxygen atoms in total. The van der Waals surface area contributed by atoms with Crippen LogP contribution >= 0.6 is 11.6 Å². The Morgan fingerprint density at radius 1 is 1.32 bits per heavy atom. The van der Waals surface area contributed by atoms with Crippen LogP contribution in [-0.4, -0.2) is 42.4 Å². The second kappa shape index (κ2) is 10.7. The van der Waals surface area contributed by atoms with E-state index in [4.69, 9.17) is 20.9 Å². The molecule has 8 heteroatoms. The van der Waals surface area contributed by atoms with Crippen LogP contribution in [0.25, 0.3) is 11.4 Å². The number of nitrogens with zero attached hydrogens (tertiary/aromatic N) is 3. The Hall–Kier alpha value is -2.12. The van der Waals surface area contributed by atoms with E-state index < -0.39 is 0 Å². The Labute approximate surface area is 152 Å². The van der Waals surface area contributed by atoms with Crippen LogP contribution in [0.4, 0.5) is 0 Å². The molecular weight excluding hydrogens is 342 g/mol. The molecule has 2 N–H and O–H groups in total. The summed E-state index contributed by atoms with van der Waals surface area (Å²) < 4.78 is 10.6. The van der Waals surface area contributed by atoms with E-state index in [1.165, 1.54) is 0 Å². The van der Waals surface area contributed by atoms with E-state index >= 15 is 0 Å². The highest BCUT2D eigenvalue weighted by Gasteiger charge is 2.09. The number of aromatic nitrogens is 2. The van der Waals surface area contributed by atoms with Gasteiger partial charge >= 0.3 is 0 Å². The Morgan fingerprint density at radius 3 is 2.96 bits per heavy atom. The molecule has 0 saturated heterocycles. The number of ether oxygens (including phenoxy) is 1. The molecule has 1 heterocycles. The first-order valence-electron chi connectivity index (χ1n) is 8.41. The van der Waals surface area contributed by atoms with E-state index in [1.807, 2.05) is 26.0 Å². The molecule has 0 aliphatic carbocycles. The van der Waals surface area contributed by atoms with E-state index in [1.54, 1.807) is 12.1 Å². The van der Waals surface area contributed by atoms with Crippen LogP contribution in [0.2, 0.25) is 5.02 Å². The molecular formula is C17H24ClN5O2. The van der Waals surface area contributed by atoms with Crippen LogP contribution in [-0.2, 0) is 11.3 Å². The molecule has 0 unspecified atom stereocenters. The lowest BCUT2D eigenvalue weighted by Crippen LogP contribution is -2.38. The highest BCUT2D eigenvalue weighted by atomic mass is 35.5. The maximum absolute atomic E-state index is 5.99. The number of benzene rings is 1. The van der Waals surface area contributed by atoms with Gasteiger partial charge < -0.3 is 19.9 Å². The lowest BCUT2D eigenvalue weighted by molar-refractivity contribution is 0.145. The summed E-state index contributed by atoms with van der Waals surface area (Å²) in [7, 11) is 0. The summed E-state index contributed by atoms with van der Waals surface area (Å²) in [5, 5.41) is 11.0. The Kier molecular flexibility index (Phi) is 8.21. The van der Waals surface area contributed by atoms with Crippen molar-refractivity contribution in [3.63, 3.8) is 0 Å². The lowest BCUT2D eigenvalue weighted by Gasteiger charge is -2.10. The maximum atomic E-state index is 5.99. The fourth-order valence-corrected chi connectivity index (χ4v) is 2.27. The number of guanidine groups is 1. The first-order chi connectivity index (χ1) is 12.2. The van der Waals surface area contributed by atoms with Crippen molar-refractivity contribution in [2.24, 2.45) is 4.99 Å². The number of rotatable bonds is 9. The summed E-state index contributed by atoms with van der Waals surface area (Å²) in [6, 6.07) is 7.33. The van der Waals surface area contributed by atoms with Crippen molar-refractivity contribution in [1.29, 1.82) is 0 Å². The fraction of sp³-hybridized carbons (Fsp3) is 0.471. The van der Waals surface area contributed by atoms with Crippen molar-refractivity contribution < 1.29 is 9.26 Å². The Morgan fingerprint density at radius 2 is 2.20 bits per heavy atom. The molecule has 0 aliphatic rings. The van der Waals surface area contributed by atoms with E-state index in [-0.39, 0.29) is 0 Å². The maximum Gasteiger partial charge on any atom is 0.248 e. The second-order valence-corrected chi connectivity index (χ2v) is 5.63. The second-order valence-electron chi connectivity index (χ2n) is 5.19.